The third kappa shape index (κ3) is 3.92. The first kappa shape index (κ1) is 12.1. The van der Waals surface area contributed by atoms with Gasteiger partial charge >= 0.3 is 0 Å². The minimum atomic E-state index is 0.538. The second-order valence-electron chi connectivity index (χ2n) is 4.27. The molecule has 1 aromatic carbocycles. The molecule has 0 aliphatic heterocycles. The molecule has 1 unspecified atom stereocenters. The van der Waals surface area contributed by atoms with Crippen LogP contribution in [0.25, 0.3) is 0 Å². The summed E-state index contributed by atoms with van der Waals surface area (Å²) in [5, 5.41) is 3.49. The van der Waals surface area contributed by atoms with Crippen LogP contribution in [0.3, 0.4) is 0 Å². The van der Waals surface area contributed by atoms with Gasteiger partial charge in [0.25, 0.3) is 0 Å². The maximum Gasteiger partial charge on any atom is 0.119 e. The van der Waals surface area contributed by atoms with Crippen molar-refractivity contribution in [2.75, 3.05) is 7.11 Å². The summed E-state index contributed by atoms with van der Waals surface area (Å²) in [6.45, 7) is 7.56. The topological polar surface area (TPSA) is 21.3 Å². The van der Waals surface area contributed by atoms with E-state index in [4.69, 9.17) is 4.74 Å². The molecule has 0 aliphatic carbocycles. The fraction of sp³-hybridized carbons (Fsp3) is 0.538. The molecule has 0 bridgehead atoms. The lowest BCUT2D eigenvalue weighted by molar-refractivity contribution is 0.411. The molecule has 0 heterocycles. The van der Waals surface area contributed by atoms with Crippen molar-refractivity contribution in [2.45, 2.75) is 33.4 Å². The highest BCUT2D eigenvalue weighted by Gasteiger charge is 2.05. The van der Waals surface area contributed by atoms with E-state index in [2.05, 4.69) is 38.2 Å². The van der Waals surface area contributed by atoms with Gasteiger partial charge in [-0.15, -0.1) is 0 Å². The van der Waals surface area contributed by atoms with Gasteiger partial charge in [0, 0.05) is 12.6 Å². The van der Waals surface area contributed by atoms with Crippen molar-refractivity contribution in [1.82, 2.24) is 5.32 Å². The highest BCUT2D eigenvalue weighted by molar-refractivity contribution is 5.28. The van der Waals surface area contributed by atoms with Gasteiger partial charge in [0.15, 0.2) is 0 Å². The maximum absolute atomic E-state index is 5.18. The molecule has 2 heteroatoms. The molecular weight excluding hydrogens is 186 g/mol. The van der Waals surface area contributed by atoms with Crippen LogP contribution in [-0.2, 0) is 6.54 Å². The summed E-state index contributed by atoms with van der Waals surface area (Å²) in [5.74, 6) is 1.59. The maximum atomic E-state index is 5.18. The quantitative estimate of drug-likeness (QED) is 0.801. The van der Waals surface area contributed by atoms with Crippen LogP contribution in [0.1, 0.15) is 26.3 Å². The third-order valence-electron chi connectivity index (χ3n) is 2.76. The van der Waals surface area contributed by atoms with Crippen molar-refractivity contribution >= 4 is 0 Å². The standard InChI is InChI=1S/C13H21NO/c1-10(2)11(3)14-9-12-6-5-7-13(8-12)15-4/h5-8,10-11,14H,9H2,1-4H3. The van der Waals surface area contributed by atoms with Crippen LogP contribution in [0.2, 0.25) is 0 Å². The van der Waals surface area contributed by atoms with Crippen LogP contribution in [0.4, 0.5) is 0 Å². The van der Waals surface area contributed by atoms with Crippen LogP contribution >= 0.6 is 0 Å². The minimum Gasteiger partial charge on any atom is -0.497 e. The molecule has 1 N–H and O–H groups in total. The molecule has 1 atom stereocenters. The summed E-state index contributed by atoms with van der Waals surface area (Å²) in [7, 11) is 1.70. The van der Waals surface area contributed by atoms with Crippen LogP contribution in [0.15, 0.2) is 24.3 Å². The number of hydrogen-bond donors (Lipinski definition) is 1. The molecule has 84 valence electrons. The van der Waals surface area contributed by atoms with Gasteiger partial charge in [-0.1, -0.05) is 26.0 Å². The molecule has 0 spiro atoms. The first-order chi connectivity index (χ1) is 7.13. The largest absolute Gasteiger partial charge is 0.497 e. The van der Waals surface area contributed by atoms with E-state index in [0.29, 0.717) is 12.0 Å². The summed E-state index contributed by atoms with van der Waals surface area (Å²) >= 11 is 0. The van der Waals surface area contributed by atoms with E-state index in [9.17, 15) is 0 Å². The number of benzene rings is 1. The second-order valence-corrected chi connectivity index (χ2v) is 4.27. The van der Waals surface area contributed by atoms with Crippen molar-refractivity contribution < 1.29 is 4.74 Å². The Labute approximate surface area is 92.6 Å². The van der Waals surface area contributed by atoms with Gasteiger partial charge in [-0.2, -0.15) is 0 Å². The Morgan fingerprint density at radius 3 is 2.60 bits per heavy atom. The lowest BCUT2D eigenvalue weighted by Gasteiger charge is -2.17. The van der Waals surface area contributed by atoms with Crippen molar-refractivity contribution in [3.8, 4) is 5.75 Å². The van der Waals surface area contributed by atoms with E-state index in [1.165, 1.54) is 5.56 Å². The van der Waals surface area contributed by atoms with Gasteiger partial charge in [-0.3, -0.25) is 0 Å². The van der Waals surface area contributed by atoms with Gasteiger partial charge in [0.2, 0.25) is 0 Å². The Hall–Kier alpha value is -1.02. The summed E-state index contributed by atoms with van der Waals surface area (Å²) in [6, 6.07) is 8.71. The van der Waals surface area contributed by atoms with E-state index in [1.54, 1.807) is 7.11 Å². The van der Waals surface area contributed by atoms with E-state index in [-0.39, 0.29) is 0 Å². The normalized spacial score (nSPS) is 12.9. The summed E-state index contributed by atoms with van der Waals surface area (Å²) in [4.78, 5) is 0. The first-order valence-electron chi connectivity index (χ1n) is 5.49. The molecule has 15 heavy (non-hydrogen) atoms. The number of hydrogen-bond acceptors (Lipinski definition) is 2. The summed E-state index contributed by atoms with van der Waals surface area (Å²) in [5.41, 5.74) is 1.27. The van der Waals surface area contributed by atoms with E-state index in [0.717, 1.165) is 12.3 Å². The van der Waals surface area contributed by atoms with E-state index < -0.39 is 0 Å². The zero-order chi connectivity index (χ0) is 11.3. The molecule has 0 aromatic heterocycles. The van der Waals surface area contributed by atoms with Crippen molar-refractivity contribution in [1.29, 1.82) is 0 Å². The molecule has 0 fully saturated rings. The molecule has 0 aliphatic rings. The molecule has 0 amide bonds. The second kappa shape index (κ2) is 5.76. The molecule has 0 radical (unpaired) electrons. The van der Waals surface area contributed by atoms with Crippen LogP contribution in [0.5, 0.6) is 5.75 Å². The monoisotopic (exact) mass is 207 g/mol. The zero-order valence-corrected chi connectivity index (χ0v) is 10.1. The SMILES string of the molecule is COc1cccc(CNC(C)C(C)C)c1. The Bertz CT molecular complexity index is 296. The molecule has 2 nitrogen and oxygen atoms in total. The molecular formula is C13H21NO. The van der Waals surface area contributed by atoms with Gasteiger partial charge in [-0.25, -0.2) is 0 Å². The summed E-state index contributed by atoms with van der Waals surface area (Å²) < 4.78 is 5.18. The number of ether oxygens (including phenoxy) is 1. The van der Waals surface area contributed by atoms with E-state index in [1.807, 2.05) is 12.1 Å². The van der Waals surface area contributed by atoms with Crippen molar-refractivity contribution in [3.05, 3.63) is 29.8 Å². The Morgan fingerprint density at radius 1 is 1.27 bits per heavy atom. The lowest BCUT2D eigenvalue weighted by atomic mass is 10.1. The number of nitrogens with one attached hydrogen (secondary N) is 1. The molecule has 1 aromatic rings. The van der Waals surface area contributed by atoms with Crippen molar-refractivity contribution in [2.24, 2.45) is 5.92 Å². The number of methoxy groups -OCH3 is 1. The Balaban J connectivity index is 2.50. The number of rotatable bonds is 5. The highest BCUT2D eigenvalue weighted by atomic mass is 16.5. The van der Waals surface area contributed by atoms with Gasteiger partial charge < -0.3 is 10.1 Å². The van der Waals surface area contributed by atoms with Crippen molar-refractivity contribution in [3.63, 3.8) is 0 Å². The smallest absolute Gasteiger partial charge is 0.119 e. The average Bonchev–Trinajstić information content (AvgIpc) is 2.26. The minimum absolute atomic E-state index is 0.538. The predicted octanol–water partition coefficient (Wildman–Crippen LogP) is 2.83. The third-order valence-corrected chi connectivity index (χ3v) is 2.76. The lowest BCUT2D eigenvalue weighted by Crippen LogP contribution is -2.30. The fourth-order valence-electron chi connectivity index (χ4n) is 1.30. The van der Waals surface area contributed by atoms with Gasteiger partial charge in [0.1, 0.15) is 5.75 Å². The zero-order valence-electron chi connectivity index (χ0n) is 10.1. The first-order valence-corrected chi connectivity index (χ1v) is 5.49. The van der Waals surface area contributed by atoms with Gasteiger partial charge in [-0.05, 0) is 30.5 Å². The van der Waals surface area contributed by atoms with Gasteiger partial charge in [0.05, 0.1) is 7.11 Å². The average molecular weight is 207 g/mol. The Morgan fingerprint density at radius 2 is 2.00 bits per heavy atom. The predicted molar refractivity (Wildman–Crippen MR) is 64.1 cm³/mol. The molecule has 1 rings (SSSR count). The molecule has 0 saturated carbocycles. The Kier molecular flexibility index (Phi) is 4.63. The summed E-state index contributed by atoms with van der Waals surface area (Å²) in [6.07, 6.45) is 0. The van der Waals surface area contributed by atoms with Crippen LogP contribution < -0.4 is 10.1 Å². The molecule has 0 saturated heterocycles. The van der Waals surface area contributed by atoms with Crippen LogP contribution in [-0.4, -0.2) is 13.2 Å². The fourth-order valence-corrected chi connectivity index (χ4v) is 1.30. The van der Waals surface area contributed by atoms with E-state index >= 15 is 0 Å². The highest BCUT2D eigenvalue weighted by Crippen LogP contribution is 2.12. The van der Waals surface area contributed by atoms with Crippen LogP contribution in [0, 0.1) is 5.92 Å².